The molecule has 0 atom stereocenters. The zero-order valence-corrected chi connectivity index (χ0v) is 12.5. The van der Waals surface area contributed by atoms with Gasteiger partial charge in [-0.3, -0.25) is 9.88 Å². The van der Waals surface area contributed by atoms with Crippen molar-refractivity contribution in [3.8, 4) is 0 Å². The molecule has 5 heteroatoms. The van der Waals surface area contributed by atoms with Crippen LogP contribution in [0.2, 0.25) is 0 Å². The van der Waals surface area contributed by atoms with Crippen molar-refractivity contribution in [2.45, 2.75) is 46.6 Å². The molecule has 0 N–H and O–H groups in total. The molecule has 0 saturated heterocycles. The first-order valence-corrected chi connectivity index (χ1v) is 6.80. The highest BCUT2D eigenvalue weighted by atomic mass is 16.6. The van der Waals surface area contributed by atoms with Crippen LogP contribution >= 0.6 is 0 Å². The number of pyridine rings is 1. The van der Waals surface area contributed by atoms with E-state index in [9.17, 15) is 9.59 Å². The number of hydrogen-bond donors (Lipinski definition) is 0. The Bertz CT molecular complexity index is 455. The van der Waals surface area contributed by atoms with Crippen LogP contribution in [0.15, 0.2) is 18.3 Å². The van der Waals surface area contributed by atoms with Gasteiger partial charge in [0.15, 0.2) is 0 Å². The van der Waals surface area contributed by atoms with E-state index in [-0.39, 0.29) is 11.9 Å². The van der Waals surface area contributed by atoms with Gasteiger partial charge >= 0.3 is 6.09 Å². The highest BCUT2D eigenvalue weighted by molar-refractivity contribution is 5.87. The summed E-state index contributed by atoms with van der Waals surface area (Å²) in [6.07, 6.45) is 2.11. The van der Waals surface area contributed by atoms with E-state index in [0.717, 1.165) is 5.69 Å². The molecule has 0 bridgehead atoms. The highest BCUT2D eigenvalue weighted by Crippen LogP contribution is 2.16. The average Bonchev–Trinajstić information content (AvgIpc) is 2.35. The number of hydrogen-bond acceptors (Lipinski definition) is 4. The van der Waals surface area contributed by atoms with Crippen molar-refractivity contribution in [1.82, 2.24) is 4.98 Å². The Hall–Kier alpha value is -1.91. The predicted octanol–water partition coefficient (Wildman–Crippen LogP) is 3.11. The van der Waals surface area contributed by atoms with Crippen molar-refractivity contribution in [2.75, 3.05) is 11.4 Å². The molecule has 0 aliphatic rings. The van der Waals surface area contributed by atoms with Crippen molar-refractivity contribution in [1.29, 1.82) is 0 Å². The molecular weight excluding hydrogens is 256 g/mol. The summed E-state index contributed by atoms with van der Waals surface area (Å²) in [7, 11) is 0. The van der Waals surface area contributed by atoms with Crippen molar-refractivity contribution >= 4 is 17.6 Å². The number of ether oxygens (including phenoxy) is 1. The second kappa shape index (κ2) is 7.62. The molecule has 5 nitrogen and oxygen atoms in total. The lowest BCUT2D eigenvalue weighted by molar-refractivity contribution is -0.117. The van der Waals surface area contributed by atoms with Crippen molar-refractivity contribution in [3.63, 3.8) is 0 Å². The molecule has 0 aromatic carbocycles. The quantitative estimate of drug-likeness (QED) is 0.802. The van der Waals surface area contributed by atoms with Crippen LogP contribution in [-0.4, -0.2) is 29.5 Å². The minimum absolute atomic E-state index is 0.115. The van der Waals surface area contributed by atoms with Crippen LogP contribution < -0.4 is 4.90 Å². The molecule has 1 aromatic rings. The van der Waals surface area contributed by atoms with Gasteiger partial charge in [-0.05, 0) is 46.2 Å². The lowest BCUT2D eigenvalue weighted by atomic mass is 10.2. The number of nitrogens with zero attached hydrogens (tertiary/aromatic N) is 2. The smallest absolute Gasteiger partial charge is 0.414 e. The molecule has 110 valence electrons. The van der Waals surface area contributed by atoms with Crippen LogP contribution in [-0.2, 0) is 9.53 Å². The van der Waals surface area contributed by atoms with E-state index >= 15 is 0 Å². The van der Waals surface area contributed by atoms with Gasteiger partial charge in [0.2, 0.25) is 0 Å². The molecule has 1 aromatic heterocycles. The van der Waals surface area contributed by atoms with Gasteiger partial charge in [0, 0.05) is 18.7 Å². The summed E-state index contributed by atoms with van der Waals surface area (Å²) < 4.78 is 5.23. The second-order valence-corrected chi connectivity index (χ2v) is 5.05. The van der Waals surface area contributed by atoms with Crippen LogP contribution in [0.4, 0.5) is 10.5 Å². The SMILES string of the molecule is CC(=O)CCCN(C(=O)OC(C)C)c1ccc(C)nc1. The van der Waals surface area contributed by atoms with Crippen molar-refractivity contribution in [3.05, 3.63) is 24.0 Å². The van der Waals surface area contributed by atoms with E-state index in [2.05, 4.69) is 4.98 Å². The molecule has 0 aliphatic heterocycles. The first kappa shape index (κ1) is 16.1. The van der Waals surface area contributed by atoms with Gasteiger partial charge in [0.25, 0.3) is 0 Å². The van der Waals surface area contributed by atoms with E-state index in [0.29, 0.717) is 25.1 Å². The van der Waals surface area contributed by atoms with Gasteiger partial charge in [-0.2, -0.15) is 0 Å². The average molecular weight is 278 g/mol. The van der Waals surface area contributed by atoms with Crippen LogP contribution in [0.5, 0.6) is 0 Å². The van der Waals surface area contributed by atoms with E-state index in [1.165, 1.54) is 4.90 Å². The van der Waals surface area contributed by atoms with Gasteiger partial charge in [0.05, 0.1) is 18.0 Å². The molecule has 1 amide bonds. The Labute approximate surface area is 119 Å². The summed E-state index contributed by atoms with van der Waals surface area (Å²) in [5.41, 5.74) is 1.57. The fourth-order valence-electron chi connectivity index (χ4n) is 1.70. The lowest BCUT2D eigenvalue weighted by Gasteiger charge is -2.23. The number of amides is 1. The summed E-state index contributed by atoms with van der Waals surface area (Å²) in [4.78, 5) is 28.8. The molecule has 0 radical (unpaired) electrons. The summed E-state index contributed by atoms with van der Waals surface area (Å²) in [5, 5.41) is 0. The Morgan fingerprint density at radius 2 is 2.05 bits per heavy atom. The normalized spacial score (nSPS) is 10.4. The maximum atomic E-state index is 12.1. The van der Waals surface area contributed by atoms with E-state index < -0.39 is 6.09 Å². The summed E-state index contributed by atoms with van der Waals surface area (Å²) in [6, 6.07) is 3.67. The van der Waals surface area contributed by atoms with Crippen LogP contribution in [0.25, 0.3) is 0 Å². The van der Waals surface area contributed by atoms with Crippen LogP contribution in [0.3, 0.4) is 0 Å². The third kappa shape index (κ3) is 5.38. The number of Topliss-reactive ketones (excluding diaryl/α,β-unsaturated/α-hetero) is 1. The molecular formula is C15H22N2O3. The highest BCUT2D eigenvalue weighted by Gasteiger charge is 2.18. The fraction of sp³-hybridized carbons (Fsp3) is 0.533. The Morgan fingerprint density at radius 3 is 2.55 bits per heavy atom. The van der Waals surface area contributed by atoms with Crippen molar-refractivity contribution in [2.24, 2.45) is 0 Å². The summed E-state index contributed by atoms with van der Waals surface area (Å²) in [5.74, 6) is 0.115. The first-order chi connectivity index (χ1) is 9.40. The number of anilines is 1. The Balaban J connectivity index is 2.80. The lowest BCUT2D eigenvalue weighted by Crippen LogP contribution is -2.34. The van der Waals surface area contributed by atoms with Gasteiger partial charge in [-0.25, -0.2) is 4.79 Å². The summed E-state index contributed by atoms with van der Waals surface area (Å²) in [6.45, 7) is 7.48. The van der Waals surface area contributed by atoms with E-state index in [1.54, 1.807) is 27.0 Å². The monoisotopic (exact) mass is 278 g/mol. The molecule has 0 fully saturated rings. The number of carbonyl (C=O) groups excluding carboxylic acids is 2. The topological polar surface area (TPSA) is 59.5 Å². The molecule has 0 saturated carbocycles. The largest absolute Gasteiger partial charge is 0.446 e. The van der Waals surface area contributed by atoms with Crippen LogP contribution in [0, 0.1) is 6.92 Å². The molecule has 0 aliphatic carbocycles. The minimum Gasteiger partial charge on any atom is -0.446 e. The summed E-state index contributed by atoms with van der Waals surface area (Å²) >= 11 is 0. The molecule has 0 unspecified atom stereocenters. The van der Waals surface area contributed by atoms with Crippen LogP contribution in [0.1, 0.15) is 39.3 Å². The van der Waals surface area contributed by atoms with Gasteiger partial charge in [-0.1, -0.05) is 0 Å². The molecule has 1 heterocycles. The Kier molecular flexibility index (Phi) is 6.15. The van der Waals surface area contributed by atoms with E-state index in [1.807, 2.05) is 19.1 Å². The number of aromatic nitrogens is 1. The maximum Gasteiger partial charge on any atom is 0.414 e. The van der Waals surface area contributed by atoms with Gasteiger partial charge < -0.3 is 9.53 Å². The van der Waals surface area contributed by atoms with E-state index in [4.69, 9.17) is 4.74 Å². The second-order valence-electron chi connectivity index (χ2n) is 5.05. The molecule has 0 spiro atoms. The number of ketones is 1. The Morgan fingerprint density at radius 1 is 1.35 bits per heavy atom. The third-order valence-corrected chi connectivity index (χ3v) is 2.67. The first-order valence-electron chi connectivity index (χ1n) is 6.80. The third-order valence-electron chi connectivity index (χ3n) is 2.67. The fourth-order valence-corrected chi connectivity index (χ4v) is 1.70. The molecule has 20 heavy (non-hydrogen) atoms. The number of rotatable bonds is 6. The maximum absolute atomic E-state index is 12.1. The molecule has 1 rings (SSSR count). The van der Waals surface area contributed by atoms with Crippen molar-refractivity contribution < 1.29 is 14.3 Å². The van der Waals surface area contributed by atoms with Gasteiger partial charge in [-0.15, -0.1) is 0 Å². The standard InChI is InChI=1S/C15H22N2O3/c1-11(2)20-15(19)17(9-5-6-13(4)18)14-8-7-12(3)16-10-14/h7-8,10-11H,5-6,9H2,1-4H3. The number of carbonyl (C=O) groups is 2. The zero-order valence-electron chi connectivity index (χ0n) is 12.5. The predicted molar refractivity (Wildman–Crippen MR) is 77.9 cm³/mol. The number of aryl methyl sites for hydroxylation is 1. The minimum atomic E-state index is -0.408. The zero-order chi connectivity index (χ0) is 15.1. The van der Waals surface area contributed by atoms with Gasteiger partial charge in [0.1, 0.15) is 5.78 Å².